The van der Waals surface area contributed by atoms with Gasteiger partial charge in [0.1, 0.15) is 5.75 Å². The minimum absolute atomic E-state index is 0.347. The van der Waals surface area contributed by atoms with Crippen molar-refractivity contribution in [3.63, 3.8) is 0 Å². The zero-order valence-corrected chi connectivity index (χ0v) is 15.9. The molecule has 0 aromatic heterocycles. The summed E-state index contributed by atoms with van der Waals surface area (Å²) in [6, 6.07) is 19.7. The number of esters is 1. The van der Waals surface area contributed by atoms with Gasteiger partial charge in [0.15, 0.2) is 0 Å². The maximum absolute atomic E-state index is 12.1. The van der Waals surface area contributed by atoms with Gasteiger partial charge in [0.25, 0.3) is 5.91 Å². The fourth-order valence-electron chi connectivity index (χ4n) is 2.23. The van der Waals surface area contributed by atoms with Crippen LogP contribution in [0.2, 0.25) is 10.0 Å². The van der Waals surface area contributed by atoms with E-state index in [1.54, 1.807) is 66.7 Å². The lowest BCUT2D eigenvalue weighted by Crippen LogP contribution is -2.17. The molecule has 0 heterocycles. The van der Waals surface area contributed by atoms with Gasteiger partial charge in [-0.05, 0) is 72.3 Å². The Balaban J connectivity index is 1.56. The Morgan fingerprint density at radius 3 is 2.25 bits per heavy atom. The van der Waals surface area contributed by atoms with Crippen LogP contribution in [0.1, 0.15) is 26.3 Å². The quantitative estimate of drug-likeness (QED) is 0.278. The third kappa shape index (κ3) is 5.42. The van der Waals surface area contributed by atoms with Crippen LogP contribution in [0.25, 0.3) is 0 Å². The van der Waals surface area contributed by atoms with E-state index >= 15 is 0 Å². The average Bonchev–Trinajstić information content (AvgIpc) is 2.69. The van der Waals surface area contributed by atoms with Crippen LogP contribution >= 0.6 is 23.2 Å². The first-order valence-corrected chi connectivity index (χ1v) is 8.93. The zero-order valence-electron chi connectivity index (χ0n) is 14.4. The first kappa shape index (κ1) is 19.6. The smallest absolute Gasteiger partial charge is 0.343 e. The first-order valence-electron chi connectivity index (χ1n) is 8.18. The van der Waals surface area contributed by atoms with Crippen molar-refractivity contribution in [2.75, 3.05) is 0 Å². The van der Waals surface area contributed by atoms with Gasteiger partial charge in [-0.3, -0.25) is 4.79 Å². The van der Waals surface area contributed by atoms with Crippen LogP contribution in [0.4, 0.5) is 0 Å². The van der Waals surface area contributed by atoms with Gasteiger partial charge in [0.05, 0.1) is 11.8 Å². The molecule has 0 unspecified atom stereocenters. The van der Waals surface area contributed by atoms with Crippen molar-refractivity contribution in [2.24, 2.45) is 5.10 Å². The molecule has 3 aromatic rings. The number of nitrogens with one attached hydrogen (secondary N) is 1. The fraction of sp³-hybridized carbons (Fsp3) is 0. The summed E-state index contributed by atoms with van der Waals surface area (Å²) in [5.41, 5.74) is 3.96. The SMILES string of the molecule is O=C(N/N=C/c1ccc(OC(=O)c2cccc(Cl)c2)cc1)c1ccc(Cl)cc1. The summed E-state index contributed by atoms with van der Waals surface area (Å²) in [5, 5.41) is 4.92. The number of nitrogens with zero attached hydrogens (tertiary/aromatic N) is 1. The third-order valence-electron chi connectivity index (χ3n) is 3.64. The van der Waals surface area contributed by atoms with Gasteiger partial charge in [-0.25, -0.2) is 10.2 Å². The molecule has 3 aromatic carbocycles. The van der Waals surface area contributed by atoms with Gasteiger partial charge in [-0.2, -0.15) is 5.10 Å². The topological polar surface area (TPSA) is 67.8 Å². The molecule has 0 spiro atoms. The summed E-state index contributed by atoms with van der Waals surface area (Å²) >= 11 is 11.7. The Kier molecular flexibility index (Phi) is 6.42. The summed E-state index contributed by atoms with van der Waals surface area (Å²) in [4.78, 5) is 24.0. The monoisotopic (exact) mass is 412 g/mol. The maximum atomic E-state index is 12.1. The highest BCUT2D eigenvalue weighted by Gasteiger charge is 2.09. The minimum atomic E-state index is -0.501. The van der Waals surface area contributed by atoms with Crippen molar-refractivity contribution < 1.29 is 14.3 Å². The van der Waals surface area contributed by atoms with Crippen LogP contribution < -0.4 is 10.2 Å². The van der Waals surface area contributed by atoms with E-state index < -0.39 is 5.97 Å². The molecule has 1 amide bonds. The summed E-state index contributed by atoms with van der Waals surface area (Å²) in [7, 11) is 0. The molecular formula is C21H14Cl2N2O3. The summed E-state index contributed by atoms with van der Waals surface area (Å²) in [5.74, 6) is -0.466. The van der Waals surface area contributed by atoms with Crippen LogP contribution in [0.3, 0.4) is 0 Å². The molecule has 0 aliphatic carbocycles. The van der Waals surface area contributed by atoms with Crippen LogP contribution in [0.15, 0.2) is 77.9 Å². The molecule has 0 atom stereocenters. The Labute approximate surface area is 171 Å². The van der Waals surface area contributed by atoms with Gasteiger partial charge >= 0.3 is 5.97 Å². The Morgan fingerprint density at radius 2 is 1.57 bits per heavy atom. The minimum Gasteiger partial charge on any atom is -0.423 e. The number of hydrogen-bond donors (Lipinski definition) is 1. The number of rotatable bonds is 5. The molecule has 0 aliphatic heterocycles. The average molecular weight is 413 g/mol. The van der Waals surface area contributed by atoms with E-state index in [-0.39, 0.29) is 5.91 Å². The first-order chi connectivity index (χ1) is 13.5. The van der Waals surface area contributed by atoms with Crippen LogP contribution in [0.5, 0.6) is 5.75 Å². The van der Waals surface area contributed by atoms with E-state index in [1.807, 2.05) is 0 Å². The van der Waals surface area contributed by atoms with E-state index in [2.05, 4.69) is 10.5 Å². The number of ether oxygens (including phenoxy) is 1. The zero-order chi connectivity index (χ0) is 19.9. The Bertz CT molecular complexity index is 1020. The van der Waals surface area contributed by atoms with Crippen molar-refractivity contribution in [3.05, 3.63) is 99.5 Å². The van der Waals surface area contributed by atoms with Crippen molar-refractivity contribution in [3.8, 4) is 5.75 Å². The largest absolute Gasteiger partial charge is 0.423 e. The van der Waals surface area contributed by atoms with Gasteiger partial charge in [-0.15, -0.1) is 0 Å². The lowest BCUT2D eigenvalue weighted by Gasteiger charge is -2.05. The number of hydrogen-bond acceptors (Lipinski definition) is 4. The molecule has 0 fully saturated rings. The van der Waals surface area contributed by atoms with Crippen molar-refractivity contribution in [1.29, 1.82) is 0 Å². The van der Waals surface area contributed by atoms with E-state index in [9.17, 15) is 9.59 Å². The summed E-state index contributed by atoms with van der Waals surface area (Å²) in [6.07, 6.45) is 1.48. The van der Waals surface area contributed by atoms with E-state index in [0.717, 1.165) is 5.56 Å². The van der Waals surface area contributed by atoms with E-state index in [0.29, 0.717) is 26.9 Å². The third-order valence-corrected chi connectivity index (χ3v) is 4.12. The van der Waals surface area contributed by atoms with E-state index in [4.69, 9.17) is 27.9 Å². The predicted octanol–water partition coefficient (Wildman–Crippen LogP) is 4.98. The molecule has 1 N–H and O–H groups in total. The number of benzene rings is 3. The molecule has 0 radical (unpaired) electrons. The van der Waals surface area contributed by atoms with Gasteiger partial charge in [0.2, 0.25) is 0 Å². The molecule has 140 valence electrons. The molecule has 5 nitrogen and oxygen atoms in total. The highest BCUT2D eigenvalue weighted by atomic mass is 35.5. The second-order valence-electron chi connectivity index (χ2n) is 5.67. The fourth-order valence-corrected chi connectivity index (χ4v) is 2.55. The van der Waals surface area contributed by atoms with Gasteiger partial charge < -0.3 is 4.74 Å². The molecule has 0 saturated heterocycles. The van der Waals surface area contributed by atoms with E-state index in [1.165, 1.54) is 12.3 Å². The van der Waals surface area contributed by atoms with Crippen LogP contribution in [-0.2, 0) is 0 Å². The second-order valence-corrected chi connectivity index (χ2v) is 6.55. The Morgan fingerprint density at radius 1 is 0.857 bits per heavy atom. The maximum Gasteiger partial charge on any atom is 0.343 e. The summed E-state index contributed by atoms with van der Waals surface area (Å²) in [6.45, 7) is 0. The second kappa shape index (κ2) is 9.17. The number of carbonyl (C=O) groups is 2. The number of carbonyl (C=O) groups excluding carboxylic acids is 2. The number of amides is 1. The molecule has 3 rings (SSSR count). The summed E-state index contributed by atoms with van der Waals surface area (Å²) < 4.78 is 5.30. The van der Waals surface area contributed by atoms with Crippen LogP contribution in [-0.4, -0.2) is 18.1 Å². The van der Waals surface area contributed by atoms with Crippen molar-refractivity contribution in [2.45, 2.75) is 0 Å². The van der Waals surface area contributed by atoms with Gasteiger partial charge in [-0.1, -0.05) is 29.3 Å². The lowest BCUT2D eigenvalue weighted by atomic mass is 10.2. The number of hydrazone groups is 1. The lowest BCUT2D eigenvalue weighted by molar-refractivity contribution is 0.0734. The molecule has 0 bridgehead atoms. The van der Waals surface area contributed by atoms with Crippen molar-refractivity contribution in [1.82, 2.24) is 5.43 Å². The molecule has 0 saturated carbocycles. The molecule has 7 heteroatoms. The van der Waals surface area contributed by atoms with Crippen molar-refractivity contribution >= 4 is 41.3 Å². The molecular weight excluding hydrogens is 399 g/mol. The normalized spacial score (nSPS) is 10.6. The molecule has 0 aliphatic rings. The van der Waals surface area contributed by atoms with Gasteiger partial charge in [0, 0.05) is 15.6 Å². The Hall–Kier alpha value is -3.15. The highest BCUT2D eigenvalue weighted by Crippen LogP contribution is 2.16. The molecule has 28 heavy (non-hydrogen) atoms. The standard InChI is InChI=1S/C21H14Cl2N2O3/c22-17-8-6-15(7-9-17)20(26)25-24-13-14-4-10-19(11-5-14)28-21(27)16-2-1-3-18(23)12-16/h1-13H,(H,25,26)/b24-13+. The number of halogens is 2. The van der Waals surface area contributed by atoms with Crippen LogP contribution in [0, 0.1) is 0 Å². The predicted molar refractivity (Wildman–Crippen MR) is 109 cm³/mol. The highest BCUT2D eigenvalue weighted by molar-refractivity contribution is 6.31.